The second-order valence-electron chi connectivity index (χ2n) is 9.02. The highest BCUT2D eigenvalue weighted by Gasteiger charge is 2.28. The lowest BCUT2D eigenvalue weighted by atomic mass is 9.76. The summed E-state index contributed by atoms with van der Waals surface area (Å²) in [6.45, 7) is 6.74. The van der Waals surface area contributed by atoms with E-state index in [1.54, 1.807) is 10.9 Å². The van der Waals surface area contributed by atoms with Crippen LogP contribution in [-0.4, -0.2) is 20.1 Å². The number of nitrogens with zero attached hydrogens (tertiary/aromatic N) is 3. The molecule has 0 saturated carbocycles. The zero-order valence-corrected chi connectivity index (χ0v) is 19.2. The molecule has 0 saturated heterocycles. The predicted octanol–water partition coefficient (Wildman–Crippen LogP) is 7.15. The van der Waals surface area contributed by atoms with Crippen molar-refractivity contribution in [2.75, 3.05) is 0 Å². The molecule has 0 aliphatic carbocycles. The van der Waals surface area contributed by atoms with Crippen LogP contribution in [0.3, 0.4) is 0 Å². The van der Waals surface area contributed by atoms with Crippen LogP contribution >= 0.6 is 0 Å². The van der Waals surface area contributed by atoms with Crippen LogP contribution in [0.5, 0.6) is 5.75 Å². The van der Waals surface area contributed by atoms with Gasteiger partial charge in [-0.2, -0.15) is 4.80 Å². The SMILES string of the molecule is CCC(C)(C)c1c(-c2ccccc2)cc(-c2ccccc2O)cc1-n1nc2ccccc2n1. The number of aromatic nitrogens is 3. The first-order valence-corrected chi connectivity index (χ1v) is 11.3. The van der Waals surface area contributed by atoms with Gasteiger partial charge < -0.3 is 5.11 Å². The maximum absolute atomic E-state index is 10.6. The molecule has 5 aromatic rings. The molecular weight excluding hydrogens is 406 g/mol. The van der Waals surface area contributed by atoms with Crippen molar-refractivity contribution in [1.29, 1.82) is 0 Å². The van der Waals surface area contributed by atoms with Crippen molar-refractivity contribution in [2.24, 2.45) is 0 Å². The summed E-state index contributed by atoms with van der Waals surface area (Å²) in [6.07, 6.45) is 0.955. The molecule has 33 heavy (non-hydrogen) atoms. The van der Waals surface area contributed by atoms with Crippen molar-refractivity contribution in [2.45, 2.75) is 32.6 Å². The summed E-state index contributed by atoms with van der Waals surface area (Å²) >= 11 is 0. The number of benzene rings is 4. The van der Waals surface area contributed by atoms with Gasteiger partial charge in [0, 0.05) is 5.56 Å². The van der Waals surface area contributed by atoms with Crippen LogP contribution in [0, 0.1) is 0 Å². The van der Waals surface area contributed by atoms with E-state index >= 15 is 0 Å². The fourth-order valence-corrected chi connectivity index (χ4v) is 4.36. The standard InChI is InChI=1S/C29H27N3O/c1-4-29(2,3)28-23(20-12-6-5-7-13-20)18-21(22-14-8-11-17-27(22)33)19-26(28)32-30-24-15-9-10-16-25(24)31-32/h5-19,33H,4H2,1-3H3. The Balaban J connectivity index is 1.89. The molecule has 0 fully saturated rings. The normalized spacial score (nSPS) is 11.7. The minimum atomic E-state index is -0.127. The molecule has 1 heterocycles. The van der Waals surface area contributed by atoms with Crippen molar-refractivity contribution in [3.63, 3.8) is 0 Å². The molecule has 0 aliphatic heterocycles. The molecule has 4 heteroatoms. The minimum Gasteiger partial charge on any atom is -0.507 e. The molecule has 0 unspecified atom stereocenters. The van der Waals surface area contributed by atoms with Gasteiger partial charge in [-0.25, -0.2) is 0 Å². The molecule has 4 aromatic carbocycles. The molecule has 0 amide bonds. The van der Waals surface area contributed by atoms with E-state index in [2.05, 4.69) is 57.2 Å². The largest absolute Gasteiger partial charge is 0.507 e. The Morgan fingerprint density at radius 3 is 1.97 bits per heavy atom. The van der Waals surface area contributed by atoms with E-state index in [-0.39, 0.29) is 11.2 Å². The topological polar surface area (TPSA) is 50.9 Å². The lowest BCUT2D eigenvalue weighted by molar-refractivity contribution is 0.477. The van der Waals surface area contributed by atoms with Gasteiger partial charge in [0.2, 0.25) is 0 Å². The Kier molecular flexibility index (Phi) is 5.21. The van der Waals surface area contributed by atoms with E-state index in [0.29, 0.717) is 0 Å². The average Bonchev–Trinajstić information content (AvgIpc) is 3.28. The zero-order chi connectivity index (χ0) is 23.0. The summed E-state index contributed by atoms with van der Waals surface area (Å²) < 4.78 is 0. The third kappa shape index (κ3) is 3.78. The number of fused-ring (bicyclic) bond motifs is 1. The Bertz CT molecular complexity index is 1400. The first kappa shape index (κ1) is 21.0. The van der Waals surface area contributed by atoms with Gasteiger partial charge >= 0.3 is 0 Å². The molecule has 1 N–H and O–H groups in total. The number of para-hydroxylation sites is 1. The number of rotatable bonds is 5. The first-order valence-electron chi connectivity index (χ1n) is 11.3. The number of hydrogen-bond donors (Lipinski definition) is 1. The van der Waals surface area contributed by atoms with Crippen molar-refractivity contribution in [3.8, 4) is 33.7 Å². The van der Waals surface area contributed by atoms with Gasteiger partial charge in [0.15, 0.2) is 0 Å². The van der Waals surface area contributed by atoms with Gasteiger partial charge in [-0.15, -0.1) is 10.2 Å². The van der Waals surface area contributed by atoms with Crippen molar-refractivity contribution in [1.82, 2.24) is 15.0 Å². The fraction of sp³-hybridized carbons (Fsp3) is 0.172. The first-order chi connectivity index (χ1) is 16.0. The third-order valence-corrected chi connectivity index (χ3v) is 6.48. The number of phenols is 1. The second kappa shape index (κ2) is 8.21. The summed E-state index contributed by atoms with van der Waals surface area (Å²) in [5.74, 6) is 0.253. The summed E-state index contributed by atoms with van der Waals surface area (Å²) in [5.41, 5.74) is 7.67. The highest BCUT2D eigenvalue weighted by molar-refractivity contribution is 5.83. The van der Waals surface area contributed by atoms with Gasteiger partial charge in [0.05, 0.1) is 5.69 Å². The Labute approximate surface area is 194 Å². The van der Waals surface area contributed by atoms with Crippen LogP contribution in [0.2, 0.25) is 0 Å². The summed E-state index contributed by atoms with van der Waals surface area (Å²) in [4.78, 5) is 1.76. The Morgan fingerprint density at radius 1 is 0.727 bits per heavy atom. The lowest BCUT2D eigenvalue weighted by Crippen LogP contribution is -2.21. The monoisotopic (exact) mass is 433 g/mol. The van der Waals surface area contributed by atoms with Crippen LogP contribution in [0.1, 0.15) is 32.8 Å². The number of phenolic OH excluding ortho intramolecular Hbond substituents is 1. The summed E-state index contributed by atoms with van der Waals surface area (Å²) in [5, 5.41) is 20.3. The molecule has 0 bridgehead atoms. The highest BCUT2D eigenvalue weighted by Crippen LogP contribution is 2.43. The van der Waals surface area contributed by atoms with Crippen LogP contribution in [-0.2, 0) is 5.41 Å². The smallest absolute Gasteiger partial charge is 0.123 e. The molecule has 0 spiro atoms. The fourth-order valence-electron chi connectivity index (χ4n) is 4.36. The Hall–Kier alpha value is -3.92. The van der Waals surface area contributed by atoms with Gasteiger partial charge in [-0.1, -0.05) is 81.4 Å². The summed E-state index contributed by atoms with van der Waals surface area (Å²) in [7, 11) is 0. The Morgan fingerprint density at radius 2 is 1.33 bits per heavy atom. The highest BCUT2D eigenvalue weighted by atomic mass is 16.3. The van der Waals surface area contributed by atoms with E-state index in [0.717, 1.165) is 45.4 Å². The number of aromatic hydroxyl groups is 1. The van der Waals surface area contributed by atoms with Crippen molar-refractivity contribution < 1.29 is 5.11 Å². The molecule has 5 rings (SSSR count). The zero-order valence-electron chi connectivity index (χ0n) is 19.2. The maximum Gasteiger partial charge on any atom is 0.123 e. The summed E-state index contributed by atoms with van der Waals surface area (Å²) in [6, 6.07) is 30.1. The molecule has 0 atom stereocenters. The lowest BCUT2D eigenvalue weighted by Gasteiger charge is -2.30. The number of hydrogen-bond acceptors (Lipinski definition) is 3. The average molecular weight is 434 g/mol. The molecule has 0 radical (unpaired) electrons. The van der Waals surface area contributed by atoms with Gasteiger partial charge in [-0.3, -0.25) is 0 Å². The van der Waals surface area contributed by atoms with E-state index in [1.807, 2.05) is 48.5 Å². The van der Waals surface area contributed by atoms with Gasteiger partial charge in [0.25, 0.3) is 0 Å². The molecule has 0 aliphatic rings. The molecule has 4 nitrogen and oxygen atoms in total. The van der Waals surface area contributed by atoms with E-state index in [4.69, 9.17) is 10.2 Å². The molecule has 1 aromatic heterocycles. The van der Waals surface area contributed by atoms with Crippen LogP contribution in [0.4, 0.5) is 0 Å². The van der Waals surface area contributed by atoms with Gasteiger partial charge in [-0.05, 0) is 64.4 Å². The molecule has 164 valence electrons. The van der Waals surface area contributed by atoms with E-state index < -0.39 is 0 Å². The second-order valence-corrected chi connectivity index (χ2v) is 9.02. The van der Waals surface area contributed by atoms with E-state index in [1.165, 1.54) is 5.56 Å². The van der Waals surface area contributed by atoms with Gasteiger partial charge in [0.1, 0.15) is 16.8 Å². The van der Waals surface area contributed by atoms with Crippen molar-refractivity contribution in [3.05, 3.63) is 96.6 Å². The van der Waals surface area contributed by atoms with E-state index in [9.17, 15) is 5.11 Å². The van der Waals surface area contributed by atoms with Crippen LogP contribution in [0.15, 0.2) is 91.0 Å². The predicted molar refractivity (Wildman–Crippen MR) is 135 cm³/mol. The van der Waals surface area contributed by atoms with Crippen LogP contribution in [0.25, 0.3) is 39.0 Å². The van der Waals surface area contributed by atoms with Crippen LogP contribution < -0.4 is 0 Å². The third-order valence-electron chi connectivity index (χ3n) is 6.48. The molecular formula is C29H27N3O. The maximum atomic E-state index is 10.6. The minimum absolute atomic E-state index is 0.127. The van der Waals surface area contributed by atoms with Crippen molar-refractivity contribution >= 4 is 11.0 Å². The quantitative estimate of drug-likeness (QED) is 0.320.